The normalized spacial score (nSPS) is 15.0. The van der Waals surface area contributed by atoms with Crippen LogP contribution in [0.1, 0.15) is 44.7 Å². The molecule has 1 aromatic carbocycles. The number of carboxylic acid groups (broad SMARTS) is 2. The zero-order valence-corrected chi connectivity index (χ0v) is 18.2. The Labute approximate surface area is 180 Å². The van der Waals surface area contributed by atoms with E-state index in [0.717, 1.165) is 0 Å². The number of nitriles is 1. The molecule has 7 nitrogen and oxygen atoms in total. The molecule has 1 aromatic rings. The van der Waals surface area contributed by atoms with Gasteiger partial charge >= 0.3 is 11.9 Å². The van der Waals surface area contributed by atoms with Gasteiger partial charge in [-0.05, 0) is 31.4 Å². The molecule has 2 N–H and O–H groups in total. The van der Waals surface area contributed by atoms with E-state index in [2.05, 4.69) is 0 Å². The van der Waals surface area contributed by atoms with Crippen molar-refractivity contribution in [2.75, 3.05) is 19.8 Å². The van der Waals surface area contributed by atoms with Crippen molar-refractivity contribution in [2.45, 2.75) is 33.6 Å². The summed E-state index contributed by atoms with van der Waals surface area (Å²) < 4.78 is 5.61. The Kier molecular flexibility index (Phi) is 7.65. The minimum absolute atomic E-state index is 0.0526. The number of aliphatic carboxylic acids is 2. The molecule has 2 rings (SSSR count). The lowest BCUT2D eigenvalue weighted by Crippen LogP contribution is -2.36. The van der Waals surface area contributed by atoms with Gasteiger partial charge < -0.3 is 19.8 Å². The number of hydrogen-bond acceptors (Lipinski definition) is 5. The largest absolute Gasteiger partial charge is 0.478 e. The van der Waals surface area contributed by atoms with Crippen molar-refractivity contribution in [3.8, 4) is 6.07 Å². The molecule has 30 heavy (non-hydrogen) atoms. The van der Waals surface area contributed by atoms with Gasteiger partial charge in [0.1, 0.15) is 6.07 Å². The van der Waals surface area contributed by atoms with Crippen molar-refractivity contribution in [3.05, 3.63) is 56.9 Å². The summed E-state index contributed by atoms with van der Waals surface area (Å²) in [6.45, 7) is 8.51. The summed E-state index contributed by atoms with van der Waals surface area (Å²) in [6.07, 6.45) is 0. The third-order valence-electron chi connectivity index (χ3n) is 5.00. The standard InChI is InChI=1S/C22H25ClN2O5/c1-12(2)11-30-9-8-25-13(3)17(21(26)27)19(18(14(25)4)22(28)29)16-7-5-6-15(10-24)20(16)23/h5-7,12,19H,8-9,11H2,1-4H3,(H,26,27)(H,28,29). The topological polar surface area (TPSA) is 111 Å². The summed E-state index contributed by atoms with van der Waals surface area (Å²) >= 11 is 6.36. The fourth-order valence-electron chi connectivity index (χ4n) is 3.64. The molecule has 0 saturated carbocycles. The van der Waals surface area contributed by atoms with Crippen LogP contribution in [0.15, 0.2) is 40.7 Å². The third kappa shape index (κ3) is 4.66. The van der Waals surface area contributed by atoms with E-state index in [1.807, 2.05) is 19.9 Å². The van der Waals surface area contributed by atoms with E-state index in [1.54, 1.807) is 30.9 Å². The Hall–Kier alpha value is -2.82. The Morgan fingerprint density at radius 1 is 1.20 bits per heavy atom. The predicted octanol–water partition coefficient (Wildman–Crippen LogP) is 4.00. The number of nitrogens with zero attached hydrogens (tertiary/aromatic N) is 2. The molecule has 0 fully saturated rings. The van der Waals surface area contributed by atoms with E-state index in [0.29, 0.717) is 37.1 Å². The van der Waals surface area contributed by atoms with E-state index < -0.39 is 17.9 Å². The molecule has 1 aliphatic rings. The maximum absolute atomic E-state index is 12.2. The summed E-state index contributed by atoms with van der Waals surface area (Å²) in [5.74, 6) is -3.23. The number of rotatable bonds is 8. The minimum atomic E-state index is -1.24. The number of ether oxygens (including phenoxy) is 1. The third-order valence-corrected chi connectivity index (χ3v) is 5.42. The lowest BCUT2D eigenvalue weighted by atomic mass is 9.79. The van der Waals surface area contributed by atoms with Gasteiger partial charge in [0.05, 0.1) is 34.3 Å². The van der Waals surface area contributed by atoms with E-state index in [-0.39, 0.29) is 27.3 Å². The molecule has 0 bridgehead atoms. The number of hydrogen-bond donors (Lipinski definition) is 2. The molecule has 0 saturated heterocycles. The van der Waals surface area contributed by atoms with Gasteiger partial charge in [-0.2, -0.15) is 5.26 Å². The number of benzene rings is 1. The molecule has 8 heteroatoms. The second-order valence-electron chi connectivity index (χ2n) is 7.48. The quantitative estimate of drug-likeness (QED) is 0.597. The van der Waals surface area contributed by atoms with Gasteiger partial charge in [-0.1, -0.05) is 37.6 Å². The molecule has 0 aromatic heterocycles. The monoisotopic (exact) mass is 432 g/mol. The fourth-order valence-corrected chi connectivity index (χ4v) is 3.92. The zero-order chi connectivity index (χ0) is 22.6. The Morgan fingerprint density at radius 3 is 2.23 bits per heavy atom. The molecule has 0 radical (unpaired) electrons. The second kappa shape index (κ2) is 9.79. The Morgan fingerprint density at radius 2 is 1.77 bits per heavy atom. The van der Waals surface area contributed by atoms with Crippen LogP contribution in [0.25, 0.3) is 0 Å². The van der Waals surface area contributed by atoms with E-state index in [9.17, 15) is 25.1 Å². The summed E-state index contributed by atoms with van der Waals surface area (Å²) in [5.41, 5.74) is 1.10. The molecule has 0 unspecified atom stereocenters. The van der Waals surface area contributed by atoms with Crippen molar-refractivity contribution in [2.24, 2.45) is 5.92 Å². The molecular weight excluding hydrogens is 408 g/mol. The van der Waals surface area contributed by atoms with Crippen LogP contribution in [0.2, 0.25) is 5.02 Å². The smallest absolute Gasteiger partial charge is 0.334 e. The molecular formula is C22H25ClN2O5. The van der Waals surface area contributed by atoms with Gasteiger partial charge in [0.15, 0.2) is 0 Å². The molecule has 160 valence electrons. The average molecular weight is 433 g/mol. The molecule has 0 atom stereocenters. The van der Waals surface area contributed by atoms with E-state index in [4.69, 9.17) is 16.3 Å². The van der Waals surface area contributed by atoms with Crippen LogP contribution in [0.5, 0.6) is 0 Å². The van der Waals surface area contributed by atoms with Crippen LogP contribution >= 0.6 is 11.6 Å². The predicted molar refractivity (Wildman–Crippen MR) is 112 cm³/mol. The summed E-state index contributed by atoms with van der Waals surface area (Å²) in [7, 11) is 0. The van der Waals surface area contributed by atoms with Crippen LogP contribution in [-0.2, 0) is 14.3 Å². The summed E-state index contributed by atoms with van der Waals surface area (Å²) in [4.78, 5) is 26.1. The highest BCUT2D eigenvalue weighted by Gasteiger charge is 2.40. The van der Waals surface area contributed by atoms with Crippen LogP contribution in [0.4, 0.5) is 0 Å². The first kappa shape index (κ1) is 23.5. The Bertz CT molecular complexity index is 921. The molecule has 1 aliphatic heterocycles. The van der Waals surface area contributed by atoms with Crippen molar-refractivity contribution in [3.63, 3.8) is 0 Å². The average Bonchev–Trinajstić information content (AvgIpc) is 2.66. The van der Waals surface area contributed by atoms with Gasteiger partial charge in [0, 0.05) is 24.5 Å². The summed E-state index contributed by atoms with van der Waals surface area (Å²) in [6, 6.07) is 6.57. The first-order valence-corrected chi connectivity index (χ1v) is 9.91. The van der Waals surface area contributed by atoms with E-state index in [1.165, 1.54) is 6.07 Å². The van der Waals surface area contributed by atoms with Gasteiger partial charge in [0.2, 0.25) is 0 Å². The maximum Gasteiger partial charge on any atom is 0.334 e. The fraction of sp³-hybridized carbons (Fsp3) is 0.409. The van der Waals surface area contributed by atoms with Crippen molar-refractivity contribution >= 4 is 23.5 Å². The minimum Gasteiger partial charge on any atom is -0.478 e. The highest BCUT2D eigenvalue weighted by atomic mass is 35.5. The van der Waals surface area contributed by atoms with E-state index >= 15 is 0 Å². The molecule has 0 amide bonds. The first-order valence-electron chi connectivity index (χ1n) is 9.53. The Balaban J connectivity index is 2.61. The van der Waals surface area contributed by atoms with Crippen LogP contribution in [0.3, 0.4) is 0 Å². The second-order valence-corrected chi connectivity index (χ2v) is 7.86. The molecule has 0 aliphatic carbocycles. The van der Waals surface area contributed by atoms with Gasteiger partial charge in [-0.3, -0.25) is 0 Å². The lowest BCUT2D eigenvalue weighted by Gasteiger charge is -2.37. The van der Waals surface area contributed by atoms with Crippen LogP contribution < -0.4 is 0 Å². The first-order chi connectivity index (χ1) is 14.1. The number of carbonyl (C=O) groups is 2. The molecule has 0 spiro atoms. The van der Waals surface area contributed by atoms with Crippen molar-refractivity contribution in [1.29, 1.82) is 5.26 Å². The number of halogens is 1. The number of allylic oxidation sites excluding steroid dienone is 2. The highest BCUT2D eigenvalue weighted by Crippen LogP contribution is 2.44. The van der Waals surface area contributed by atoms with Crippen LogP contribution in [0, 0.1) is 17.2 Å². The van der Waals surface area contributed by atoms with Gasteiger partial charge in [0.25, 0.3) is 0 Å². The van der Waals surface area contributed by atoms with Crippen molar-refractivity contribution < 1.29 is 24.5 Å². The van der Waals surface area contributed by atoms with Gasteiger partial charge in [-0.15, -0.1) is 0 Å². The lowest BCUT2D eigenvalue weighted by molar-refractivity contribution is -0.133. The molecule has 1 heterocycles. The number of carboxylic acids is 2. The summed E-state index contributed by atoms with van der Waals surface area (Å²) in [5, 5.41) is 29.3. The van der Waals surface area contributed by atoms with Crippen LogP contribution in [-0.4, -0.2) is 46.8 Å². The van der Waals surface area contributed by atoms with Gasteiger partial charge in [-0.25, -0.2) is 9.59 Å². The highest BCUT2D eigenvalue weighted by molar-refractivity contribution is 6.32. The maximum atomic E-state index is 12.2. The zero-order valence-electron chi connectivity index (χ0n) is 17.4. The van der Waals surface area contributed by atoms with Crippen molar-refractivity contribution in [1.82, 2.24) is 4.90 Å². The SMILES string of the molecule is CC1=C(C(=O)O)C(c2cccc(C#N)c2Cl)C(C(=O)O)=C(C)N1CCOCC(C)C.